The lowest BCUT2D eigenvalue weighted by Gasteiger charge is -2.33. The van der Waals surface area contributed by atoms with Gasteiger partial charge in [0.15, 0.2) is 0 Å². The molecule has 8 heteroatoms. The highest BCUT2D eigenvalue weighted by Crippen LogP contribution is 2.24. The van der Waals surface area contributed by atoms with E-state index in [0.717, 1.165) is 31.4 Å². The maximum absolute atomic E-state index is 12.8. The van der Waals surface area contributed by atoms with Gasteiger partial charge in [0.25, 0.3) is 5.91 Å². The molecule has 1 atom stereocenters. The van der Waals surface area contributed by atoms with E-state index in [9.17, 15) is 9.59 Å². The molecule has 2 aromatic heterocycles. The molecule has 0 radical (unpaired) electrons. The first-order valence-corrected chi connectivity index (χ1v) is 8.61. The van der Waals surface area contributed by atoms with Crippen molar-refractivity contribution in [3.05, 3.63) is 42.0 Å². The van der Waals surface area contributed by atoms with Gasteiger partial charge in [0.1, 0.15) is 6.04 Å². The first kappa shape index (κ1) is 15.7. The van der Waals surface area contributed by atoms with Crippen LogP contribution in [0, 0.1) is 0 Å². The van der Waals surface area contributed by atoms with Crippen molar-refractivity contribution in [2.75, 3.05) is 6.54 Å². The van der Waals surface area contributed by atoms with Gasteiger partial charge in [0, 0.05) is 12.2 Å². The van der Waals surface area contributed by atoms with E-state index in [4.69, 9.17) is 0 Å². The van der Waals surface area contributed by atoms with Gasteiger partial charge in [-0.25, -0.2) is 0 Å². The predicted octanol–water partition coefficient (Wildman–Crippen LogP) is 0.929. The Bertz CT molecular complexity index is 768. The molecule has 1 N–H and O–H groups in total. The van der Waals surface area contributed by atoms with Crippen molar-refractivity contribution < 1.29 is 9.59 Å². The lowest BCUT2D eigenvalue weighted by molar-refractivity contribution is -0.126. The van der Waals surface area contributed by atoms with E-state index in [2.05, 4.69) is 20.6 Å². The summed E-state index contributed by atoms with van der Waals surface area (Å²) in [7, 11) is 0. The molecule has 1 aliphatic carbocycles. The van der Waals surface area contributed by atoms with E-state index >= 15 is 0 Å². The molecule has 8 nitrogen and oxygen atoms in total. The number of carbonyl (C=O) groups is 2. The fourth-order valence-electron chi connectivity index (χ4n) is 3.61. The molecule has 0 spiro atoms. The Hall–Kier alpha value is -2.77. The maximum atomic E-state index is 12.8. The van der Waals surface area contributed by atoms with Crippen molar-refractivity contribution in [3.63, 3.8) is 0 Å². The Morgan fingerprint density at radius 3 is 2.72 bits per heavy atom. The van der Waals surface area contributed by atoms with Crippen LogP contribution in [0.4, 0.5) is 0 Å². The lowest BCUT2D eigenvalue weighted by atomic mass is 10.1. The maximum Gasteiger partial charge on any atom is 0.255 e. The van der Waals surface area contributed by atoms with Crippen molar-refractivity contribution in [3.8, 4) is 0 Å². The minimum absolute atomic E-state index is 0.0674. The zero-order valence-electron chi connectivity index (χ0n) is 13.8. The molecule has 1 saturated carbocycles. The quantitative estimate of drug-likeness (QED) is 0.897. The summed E-state index contributed by atoms with van der Waals surface area (Å²) in [4.78, 5) is 27.2. The Morgan fingerprint density at radius 1 is 1.12 bits per heavy atom. The van der Waals surface area contributed by atoms with E-state index < -0.39 is 6.04 Å². The third kappa shape index (κ3) is 3.11. The standard InChI is InChI=1S/C17H20N6O2/c24-16(21-13-3-1-2-4-13)15-11-22(10-14-6-8-20-23(14)15)17(25)12-5-7-18-19-9-12/h5-9,13,15H,1-4,10-11H2,(H,21,24). The summed E-state index contributed by atoms with van der Waals surface area (Å²) in [5.74, 6) is -0.219. The molecule has 2 aromatic rings. The first-order valence-electron chi connectivity index (χ1n) is 8.61. The van der Waals surface area contributed by atoms with Crippen molar-refractivity contribution in [1.29, 1.82) is 0 Å². The Balaban J connectivity index is 1.55. The molecular formula is C17H20N6O2. The van der Waals surface area contributed by atoms with Crippen molar-refractivity contribution in [2.24, 2.45) is 0 Å². The van der Waals surface area contributed by atoms with Gasteiger partial charge in [-0.3, -0.25) is 14.3 Å². The second kappa shape index (κ2) is 6.62. The molecule has 4 rings (SSSR count). The predicted molar refractivity (Wildman–Crippen MR) is 88.4 cm³/mol. The van der Waals surface area contributed by atoms with Crippen molar-refractivity contribution in [2.45, 2.75) is 44.3 Å². The number of carbonyl (C=O) groups excluding carboxylic acids is 2. The van der Waals surface area contributed by atoms with Gasteiger partial charge in [0.05, 0.1) is 36.7 Å². The number of amides is 2. The minimum Gasteiger partial charge on any atom is -0.351 e. The van der Waals surface area contributed by atoms with Crippen LogP contribution in [0.3, 0.4) is 0 Å². The normalized spacial score (nSPS) is 20.3. The monoisotopic (exact) mass is 340 g/mol. The number of fused-ring (bicyclic) bond motifs is 1. The molecule has 1 unspecified atom stereocenters. The topological polar surface area (TPSA) is 93.0 Å². The fourth-order valence-corrected chi connectivity index (χ4v) is 3.61. The summed E-state index contributed by atoms with van der Waals surface area (Å²) in [6.45, 7) is 0.725. The van der Waals surface area contributed by atoms with Crippen LogP contribution < -0.4 is 5.32 Å². The van der Waals surface area contributed by atoms with Crippen LogP contribution in [0.5, 0.6) is 0 Å². The minimum atomic E-state index is -0.502. The first-order chi connectivity index (χ1) is 12.2. The molecule has 2 aliphatic rings. The Kier molecular flexibility index (Phi) is 4.17. The molecule has 3 heterocycles. The van der Waals surface area contributed by atoms with E-state index in [1.54, 1.807) is 21.8 Å². The average Bonchev–Trinajstić information content (AvgIpc) is 3.32. The number of nitrogens with zero attached hydrogens (tertiary/aromatic N) is 5. The van der Waals surface area contributed by atoms with E-state index in [0.29, 0.717) is 18.7 Å². The molecule has 1 aliphatic heterocycles. The van der Waals surface area contributed by atoms with Crippen molar-refractivity contribution in [1.82, 2.24) is 30.2 Å². The molecule has 0 bridgehead atoms. The van der Waals surface area contributed by atoms with Gasteiger partial charge >= 0.3 is 0 Å². The van der Waals surface area contributed by atoms with Gasteiger partial charge in [-0.2, -0.15) is 15.3 Å². The summed E-state index contributed by atoms with van der Waals surface area (Å²) in [6, 6.07) is 3.22. The van der Waals surface area contributed by atoms with Crippen molar-refractivity contribution >= 4 is 11.8 Å². The van der Waals surface area contributed by atoms with Crippen LogP contribution in [0.2, 0.25) is 0 Å². The highest BCUT2D eigenvalue weighted by atomic mass is 16.2. The smallest absolute Gasteiger partial charge is 0.255 e. The van der Waals surface area contributed by atoms with Crippen LogP contribution in [0.1, 0.15) is 47.8 Å². The zero-order valence-corrected chi connectivity index (χ0v) is 13.8. The molecule has 130 valence electrons. The number of hydrogen-bond acceptors (Lipinski definition) is 5. The summed E-state index contributed by atoms with van der Waals surface area (Å²) in [5, 5.41) is 14.9. The lowest BCUT2D eigenvalue weighted by Crippen LogP contribution is -2.48. The fraction of sp³-hybridized carbons (Fsp3) is 0.471. The molecule has 1 fully saturated rings. The summed E-state index contributed by atoms with van der Waals surface area (Å²) >= 11 is 0. The Morgan fingerprint density at radius 2 is 1.96 bits per heavy atom. The molecule has 0 aromatic carbocycles. The van der Waals surface area contributed by atoms with Gasteiger partial charge in [-0.1, -0.05) is 12.8 Å². The summed E-state index contributed by atoms with van der Waals surface area (Å²) < 4.78 is 1.73. The van der Waals surface area contributed by atoms with Crippen LogP contribution in [-0.4, -0.2) is 49.3 Å². The highest BCUT2D eigenvalue weighted by Gasteiger charge is 2.34. The van der Waals surface area contributed by atoms with E-state index in [1.165, 1.54) is 12.4 Å². The Labute approximate surface area is 145 Å². The molecule has 2 amide bonds. The second-order valence-corrected chi connectivity index (χ2v) is 6.59. The van der Waals surface area contributed by atoms with E-state index in [-0.39, 0.29) is 17.9 Å². The summed E-state index contributed by atoms with van der Waals surface area (Å²) in [5.41, 5.74) is 1.33. The third-order valence-corrected chi connectivity index (χ3v) is 4.92. The second-order valence-electron chi connectivity index (χ2n) is 6.59. The average molecular weight is 340 g/mol. The van der Waals surface area contributed by atoms with Crippen LogP contribution in [0.15, 0.2) is 30.7 Å². The summed E-state index contributed by atoms with van der Waals surface area (Å²) in [6.07, 6.45) is 8.97. The molecular weight excluding hydrogens is 320 g/mol. The third-order valence-electron chi connectivity index (χ3n) is 4.92. The van der Waals surface area contributed by atoms with Gasteiger partial charge in [0.2, 0.25) is 5.91 Å². The number of hydrogen-bond donors (Lipinski definition) is 1. The van der Waals surface area contributed by atoms with Gasteiger partial charge < -0.3 is 10.2 Å². The van der Waals surface area contributed by atoms with Crippen LogP contribution in [-0.2, 0) is 11.3 Å². The van der Waals surface area contributed by atoms with E-state index in [1.807, 2.05) is 6.07 Å². The number of aromatic nitrogens is 4. The zero-order chi connectivity index (χ0) is 17.2. The largest absolute Gasteiger partial charge is 0.351 e. The number of rotatable bonds is 3. The van der Waals surface area contributed by atoms with Crippen LogP contribution >= 0.6 is 0 Å². The highest BCUT2D eigenvalue weighted by molar-refractivity contribution is 5.94. The SMILES string of the molecule is O=C(NC1CCCC1)C1CN(C(=O)c2ccnnc2)Cc2ccnn21. The van der Waals surface area contributed by atoms with Crippen LogP contribution in [0.25, 0.3) is 0 Å². The van der Waals surface area contributed by atoms with Gasteiger partial charge in [-0.15, -0.1) is 0 Å². The van der Waals surface area contributed by atoms with Gasteiger partial charge in [-0.05, 0) is 25.0 Å². The number of nitrogens with one attached hydrogen (secondary N) is 1. The molecule has 25 heavy (non-hydrogen) atoms. The molecule has 0 saturated heterocycles.